The highest BCUT2D eigenvalue weighted by molar-refractivity contribution is 6.00. The third-order valence-electron chi connectivity index (χ3n) is 5.54. The van der Waals surface area contributed by atoms with E-state index >= 15 is 0 Å². The molecule has 1 fully saturated rings. The van der Waals surface area contributed by atoms with Crippen molar-refractivity contribution < 1.29 is 24.0 Å². The van der Waals surface area contributed by atoms with E-state index in [-0.39, 0.29) is 30.2 Å². The Hall–Kier alpha value is -3.75. The van der Waals surface area contributed by atoms with Gasteiger partial charge in [-0.15, -0.1) is 0 Å². The fourth-order valence-corrected chi connectivity index (χ4v) is 3.52. The van der Waals surface area contributed by atoms with Crippen molar-refractivity contribution in [3.05, 3.63) is 63.2 Å². The number of aryl methyl sites for hydroxylation is 3. The van der Waals surface area contributed by atoms with Crippen LogP contribution in [0.5, 0.6) is 0 Å². The van der Waals surface area contributed by atoms with Crippen LogP contribution in [0.3, 0.4) is 0 Å². The van der Waals surface area contributed by atoms with Gasteiger partial charge < -0.3 is 15.0 Å². The number of nitro groups is 1. The number of esters is 1. The summed E-state index contributed by atoms with van der Waals surface area (Å²) < 4.78 is 5.08. The monoisotopic (exact) mass is 439 g/mol. The van der Waals surface area contributed by atoms with Crippen LogP contribution in [0.2, 0.25) is 0 Å². The van der Waals surface area contributed by atoms with Crippen molar-refractivity contribution in [2.45, 2.75) is 33.6 Å². The molecule has 0 aromatic heterocycles. The van der Waals surface area contributed by atoms with E-state index in [0.717, 1.165) is 23.1 Å². The predicted molar refractivity (Wildman–Crippen MR) is 118 cm³/mol. The van der Waals surface area contributed by atoms with Crippen LogP contribution in [0.15, 0.2) is 36.4 Å². The Labute approximate surface area is 185 Å². The summed E-state index contributed by atoms with van der Waals surface area (Å²) in [6.07, 6.45) is 0.884. The minimum absolute atomic E-state index is 0.00138. The number of hydrogen-bond donors (Lipinski definition) is 1. The molecule has 1 saturated heterocycles. The van der Waals surface area contributed by atoms with E-state index in [0.29, 0.717) is 5.69 Å². The molecular weight excluding hydrogens is 414 g/mol. The third kappa shape index (κ3) is 5.11. The number of ether oxygens (including phenoxy) is 1. The summed E-state index contributed by atoms with van der Waals surface area (Å²) in [6.45, 7) is 5.12. The van der Waals surface area contributed by atoms with Gasteiger partial charge in [-0.1, -0.05) is 19.1 Å². The number of nitro benzene ring substituents is 1. The maximum absolute atomic E-state index is 12.4. The first-order chi connectivity index (χ1) is 15.2. The van der Waals surface area contributed by atoms with Gasteiger partial charge in [0, 0.05) is 24.7 Å². The lowest BCUT2D eigenvalue weighted by molar-refractivity contribution is -0.384. The number of carbonyl (C=O) groups is 3. The quantitative estimate of drug-likeness (QED) is 0.402. The number of hydrogen-bond acceptors (Lipinski definition) is 6. The first-order valence-corrected chi connectivity index (χ1v) is 10.3. The molecule has 0 bridgehead atoms. The molecule has 1 N–H and O–H groups in total. The molecule has 9 heteroatoms. The highest BCUT2D eigenvalue weighted by atomic mass is 16.6. The van der Waals surface area contributed by atoms with Crippen LogP contribution in [-0.4, -0.2) is 35.9 Å². The Morgan fingerprint density at radius 2 is 1.84 bits per heavy atom. The van der Waals surface area contributed by atoms with Crippen LogP contribution in [-0.2, 0) is 25.5 Å². The van der Waals surface area contributed by atoms with Crippen molar-refractivity contribution in [3.63, 3.8) is 0 Å². The first kappa shape index (κ1) is 22.9. The minimum atomic E-state index is -0.693. The van der Waals surface area contributed by atoms with Crippen LogP contribution in [0.25, 0.3) is 0 Å². The Morgan fingerprint density at radius 1 is 1.19 bits per heavy atom. The summed E-state index contributed by atoms with van der Waals surface area (Å²) in [5.74, 6) is -2.22. The van der Waals surface area contributed by atoms with E-state index in [1.165, 1.54) is 17.0 Å². The smallest absolute Gasteiger partial charge is 0.311 e. The standard InChI is InChI=1S/C23H25N3O6/c1-4-16-5-7-18(8-6-16)25-12-17(11-22(25)28)23(29)32-13-21(27)24-19-9-14(2)15(3)10-20(19)26(30)31/h5-10,17H,4,11-13H2,1-3H3,(H,24,27)/t17-/m1/s1. The van der Waals surface area contributed by atoms with Gasteiger partial charge in [0.05, 0.1) is 10.8 Å². The summed E-state index contributed by atoms with van der Waals surface area (Å²) in [6, 6.07) is 10.4. The fourth-order valence-electron chi connectivity index (χ4n) is 3.52. The molecule has 2 aromatic rings. The number of nitrogens with one attached hydrogen (secondary N) is 1. The van der Waals surface area contributed by atoms with Crippen LogP contribution in [0.1, 0.15) is 30.0 Å². The molecule has 1 heterocycles. The second kappa shape index (κ2) is 9.59. The molecule has 0 aliphatic carbocycles. The van der Waals surface area contributed by atoms with Crippen LogP contribution in [0.4, 0.5) is 17.1 Å². The molecule has 0 saturated carbocycles. The van der Waals surface area contributed by atoms with Gasteiger partial charge in [-0.25, -0.2) is 0 Å². The highest BCUT2D eigenvalue weighted by Crippen LogP contribution is 2.28. The van der Waals surface area contributed by atoms with Crippen LogP contribution < -0.4 is 10.2 Å². The van der Waals surface area contributed by atoms with Crippen molar-refractivity contribution in [2.75, 3.05) is 23.4 Å². The lowest BCUT2D eigenvalue weighted by atomic mass is 10.1. The van der Waals surface area contributed by atoms with Crippen molar-refractivity contribution in [3.8, 4) is 0 Å². The largest absolute Gasteiger partial charge is 0.455 e. The van der Waals surface area contributed by atoms with Crippen molar-refractivity contribution >= 4 is 34.8 Å². The number of amides is 2. The number of anilines is 2. The molecule has 1 aliphatic rings. The summed E-state index contributed by atoms with van der Waals surface area (Å²) in [5, 5.41) is 13.7. The average Bonchev–Trinajstić information content (AvgIpc) is 3.16. The van der Waals surface area contributed by atoms with Crippen molar-refractivity contribution in [2.24, 2.45) is 5.92 Å². The van der Waals surface area contributed by atoms with Gasteiger partial charge in [-0.05, 0) is 55.2 Å². The molecule has 1 atom stereocenters. The number of carbonyl (C=O) groups excluding carboxylic acids is 3. The number of benzene rings is 2. The van der Waals surface area contributed by atoms with Gasteiger partial charge in [-0.2, -0.15) is 0 Å². The maximum atomic E-state index is 12.4. The Morgan fingerprint density at radius 3 is 2.47 bits per heavy atom. The summed E-state index contributed by atoms with van der Waals surface area (Å²) in [4.78, 5) is 49.2. The third-order valence-corrected chi connectivity index (χ3v) is 5.54. The minimum Gasteiger partial charge on any atom is -0.455 e. The Bertz CT molecular complexity index is 1060. The second-order valence-corrected chi connectivity index (χ2v) is 7.79. The molecule has 0 unspecified atom stereocenters. The van der Waals surface area contributed by atoms with Crippen LogP contribution in [0, 0.1) is 29.9 Å². The van der Waals surface area contributed by atoms with Crippen molar-refractivity contribution in [1.29, 1.82) is 0 Å². The van der Waals surface area contributed by atoms with Gasteiger partial charge >= 0.3 is 5.97 Å². The van der Waals surface area contributed by atoms with Gasteiger partial charge in [-0.3, -0.25) is 24.5 Å². The molecule has 1 aliphatic heterocycles. The summed E-state index contributed by atoms with van der Waals surface area (Å²) >= 11 is 0. The molecule has 2 amide bonds. The predicted octanol–water partition coefficient (Wildman–Crippen LogP) is 3.31. The molecule has 0 radical (unpaired) electrons. The molecule has 0 spiro atoms. The first-order valence-electron chi connectivity index (χ1n) is 10.3. The molecule has 32 heavy (non-hydrogen) atoms. The Balaban J connectivity index is 1.58. The molecule has 168 valence electrons. The van der Waals surface area contributed by atoms with E-state index in [4.69, 9.17) is 4.74 Å². The Kier molecular flexibility index (Phi) is 6.87. The molecule has 9 nitrogen and oxygen atoms in total. The van der Waals surface area contributed by atoms with Crippen molar-refractivity contribution in [1.82, 2.24) is 0 Å². The fraction of sp³-hybridized carbons (Fsp3) is 0.348. The summed E-state index contributed by atoms with van der Waals surface area (Å²) in [7, 11) is 0. The zero-order chi connectivity index (χ0) is 23.4. The van der Waals surface area contributed by atoms with E-state index in [2.05, 4.69) is 5.32 Å². The normalized spacial score (nSPS) is 15.5. The number of rotatable bonds is 7. The second-order valence-electron chi connectivity index (χ2n) is 7.79. The molecule has 3 rings (SSSR count). The SMILES string of the molecule is CCc1ccc(N2C[C@H](C(=O)OCC(=O)Nc3cc(C)c(C)cc3[N+](=O)[O-])CC2=O)cc1. The average molecular weight is 439 g/mol. The zero-order valence-corrected chi connectivity index (χ0v) is 18.2. The zero-order valence-electron chi connectivity index (χ0n) is 18.2. The van der Waals surface area contributed by atoms with Gasteiger partial charge in [0.1, 0.15) is 5.69 Å². The van der Waals surface area contributed by atoms with Crippen LogP contribution >= 0.6 is 0 Å². The molecular formula is C23H25N3O6. The van der Waals surface area contributed by atoms with Gasteiger partial charge in [0.15, 0.2) is 6.61 Å². The highest BCUT2D eigenvalue weighted by Gasteiger charge is 2.36. The topological polar surface area (TPSA) is 119 Å². The number of nitrogens with zero attached hydrogens (tertiary/aromatic N) is 2. The van der Waals surface area contributed by atoms with E-state index < -0.39 is 29.3 Å². The summed E-state index contributed by atoms with van der Waals surface area (Å²) in [5.41, 5.74) is 3.16. The molecule has 2 aromatic carbocycles. The van der Waals surface area contributed by atoms with Gasteiger partial charge in [0.25, 0.3) is 11.6 Å². The lowest BCUT2D eigenvalue weighted by Gasteiger charge is -2.17. The maximum Gasteiger partial charge on any atom is 0.311 e. The van der Waals surface area contributed by atoms with E-state index in [1.54, 1.807) is 13.8 Å². The lowest BCUT2D eigenvalue weighted by Crippen LogP contribution is -2.28. The van der Waals surface area contributed by atoms with E-state index in [1.807, 2.05) is 31.2 Å². The van der Waals surface area contributed by atoms with Gasteiger partial charge in [0.2, 0.25) is 5.91 Å². The van der Waals surface area contributed by atoms with E-state index in [9.17, 15) is 24.5 Å².